The molecule has 0 aliphatic heterocycles. The van der Waals surface area contributed by atoms with Crippen LogP contribution in [0.4, 0.5) is 0 Å². The molecule has 0 bridgehead atoms. The average Bonchev–Trinajstić information content (AvgIpc) is 3.10. The number of carbonyl (C=O) groups excluding carboxylic acids is 1. The minimum absolute atomic E-state index is 0.0171. The Morgan fingerprint density at radius 3 is 2.75 bits per heavy atom. The Bertz CT molecular complexity index is 902. The van der Waals surface area contributed by atoms with Crippen LogP contribution in [0.5, 0.6) is 0 Å². The molecule has 9 heteroatoms. The van der Waals surface area contributed by atoms with E-state index in [-0.39, 0.29) is 17.9 Å². The Morgan fingerprint density at radius 2 is 2.12 bits per heavy atom. The highest BCUT2D eigenvalue weighted by Crippen LogP contribution is 2.30. The second kappa shape index (κ2) is 6.57. The highest BCUT2D eigenvalue weighted by atomic mass is 127. The van der Waals surface area contributed by atoms with Gasteiger partial charge in [0.1, 0.15) is 5.52 Å². The third kappa shape index (κ3) is 3.40. The van der Waals surface area contributed by atoms with Crippen molar-refractivity contribution >= 4 is 62.7 Å². The maximum atomic E-state index is 12.1. The lowest BCUT2D eigenvalue weighted by molar-refractivity contribution is -0.156. The summed E-state index contributed by atoms with van der Waals surface area (Å²) < 4.78 is 7.72. The van der Waals surface area contributed by atoms with Gasteiger partial charge in [-0.3, -0.25) is 9.36 Å². The number of hydrogen-bond donors (Lipinski definition) is 0. The molecule has 0 N–H and O–H groups in total. The normalized spacial score (nSPS) is 11.9. The smallest absolute Gasteiger partial charge is 0.312 e. The summed E-state index contributed by atoms with van der Waals surface area (Å²) in [5.41, 5.74) is 0.456. The first-order chi connectivity index (χ1) is 11.3. The van der Waals surface area contributed by atoms with E-state index in [1.54, 1.807) is 4.57 Å². The monoisotopic (exact) mass is 476 g/mol. The molecule has 3 aromatic rings. The maximum Gasteiger partial charge on any atom is 0.312 e. The average molecular weight is 477 g/mol. The minimum atomic E-state index is -0.583. The van der Waals surface area contributed by atoms with Gasteiger partial charge in [0.2, 0.25) is 0 Å². The number of thiophene rings is 1. The van der Waals surface area contributed by atoms with Crippen molar-refractivity contribution < 1.29 is 9.53 Å². The zero-order valence-electron chi connectivity index (χ0n) is 13.2. The van der Waals surface area contributed by atoms with Crippen LogP contribution >= 0.6 is 45.5 Å². The largest absolute Gasteiger partial charge is 0.443 e. The van der Waals surface area contributed by atoms with E-state index in [4.69, 9.17) is 16.3 Å². The number of halogens is 2. The van der Waals surface area contributed by atoms with Crippen LogP contribution in [0.15, 0.2) is 17.5 Å². The molecule has 3 aromatic heterocycles. The number of fused-ring (bicyclic) bond motifs is 1. The number of rotatable bonds is 3. The van der Waals surface area contributed by atoms with Crippen LogP contribution < -0.4 is 0 Å². The molecule has 6 nitrogen and oxygen atoms in total. The van der Waals surface area contributed by atoms with Gasteiger partial charge in [-0.15, -0.1) is 11.3 Å². The minimum Gasteiger partial charge on any atom is -0.443 e. The van der Waals surface area contributed by atoms with E-state index >= 15 is 0 Å². The van der Waals surface area contributed by atoms with E-state index in [0.717, 1.165) is 4.88 Å². The number of ether oxygens (including phenoxy) is 1. The molecule has 0 fully saturated rings. The topological polar surface area (TPSA) is 69.9 Å². The summed E-state index contributed by atoms with van der Waals surface area (Å²) in [6.45, 7) is 5.44. The van der Waals surface area contributed by atoms with Crippen molar-refractivity contribution in [2.24, 2.45) is 5.41 Å². The third-order valence-corrected chi connectivity index (χ3v) is 4.82. The van der Waals surface area contributed by atoms with Crippen molar-refractivity contribution in [1.82, 2.24) is 19.5 Å². The highest BCUT2D eigenvalue weighted by molar-refractivity contribution is 14.1. The van der Waals surface area contributed by atoms with Gasteiger partial charge in [-0.2, -0.15) is 0 Å². The molecule has 0 radical (unpaired) electrons. The summed E-state index contributed by atoms with van der Waals surface area (Å²) in [4.78, 5) is 26.2. The lowest BCUT2D eigenvalue weighted by Gasteiger charge is -2.17. The standard InChI is InChI=1S/C15H14ClIN4O2S/c1-15(2,3)13(22)23-7-21-11(8-5-4-6-24-8)18-9-10(16)19-14(17)20-12(9)21/h4-6H,7H2,1-3H3. The maximum absolute atomic E-state index is 12.1. The first kappa shape index (κ1) is 17.6. The van der Waals surface area contributed by atoms with Crippen molar-refractivity contribution in [3.63, 3.8) is 0 Å². The van der Waals surface area contributed by atoms with Crippen LogP contribution in [0.3, 0.4) is 0 Å². The van der Waals surface area contributed by atoms with Gasteiger partial charge < -0.3 is 4.74 Å². The van der Waals surface area contributed by atoms with E-state index in [1.165, 1.54) is 11.3 Å². The number of aromatic nitrogens is 4. The summed E-state index contributed by atoms with van der Waals surface area (Å²) in [6, 6.07) is 3.88. The van der Waals surface area contributed by atoms with Crippen molar-refractivity contribution in [3.05, 3.63) is 26.5 Å². The Kier molecular flexibility index (Phi) is 4.80. The molecule has 0 aliphatic rings. The summed E-state index contributed by atoms with van der Waals surface area (Å²) in [7, 11) is 0. The van der Waals surface area contributed by atoms with E-state index in [9.17, 15) is 4.79 Å². The van der Waals surface area contributed by atoms with Crippen molar-refractivity contribution in [2.45, 2.75) is 27.5 Å². The quantitative estimate of drug-likeness (QED) is 0.243. The molecule has 0 saturated heterocycles. The molecule has 0 unspecified atom stereocenters. The van der Waals surface area contributed by atoms with Gasteiger partial charge in [-0.05, 0) is 32.2 Å². The molecule has 0 aromatic carbocycles. The molecule has 0 amide bonds. The number of esters is 1. The predicted octanol–water partition coefficient (Wildman–Crippen LogP) is 4.36. The van der Waals surface area contributed by atoms with Gasteiger partial charge in [0.15, 0.2) is 27.2 Å². The van der Waals surface area contributed by atoms with E-state index in [2.05, 4.69) is 15.0 Å². The molecule has 0 aliphatic carbocycles. The van der Waals surface area contributed by atoms with Crippen LogP contribution in [0.2, 0.25) is 5.15 Å². The summed E-state index contributed by atoms with van der Waals surface area (Å²) in [5, 5.41) is 2.24. The van der Waals surface area contributed by atoms with E-state index in [1.807, 2.05) is 60.9 Å². The molecular formula is C15H14ClIN4O2S. The second-order valence-corrected chi connectivity index (χ2v) is 8.38. The van der Waals surface area contributed by atoms with Gasteiger partial charge in [-0.25, -0.2) is 15.0 Å². The van der Waals surface area contributed by atoms with Gasteiger partial charge >= 0.3 is 5.97 Å². The van der Waals surface area contributed by atoms with Crippen LogP contribution in [0.1, 0.15) is 20.8 Å². The molecule has 126 valence electrons. The Labute approximate surface area is 161 Å². The van der Waals surface area contributed by atoms with Crippen LogP contribution in [-0.4, -0.2) is 25.5 Å². The fourth-order valence-corrected chi connectivity index (χ4v) is 3.54. The number of carbonyl (C=O) groups is 1. The summed E-state index contributed by atoms with van der Waals surface area (Å²) in [5.74, 6) is 0.358. The predicted molar refractivity (Wildman–Crippen MR) is 102 cm³/mol. The highest BCUT2D eigenvalue weighted by Gasteiger charge is 2.25. The third-order valence-electron chi connectivity index (χ3n) is 3.20. The molecular weight excluding hydrogens is 463 g/mol. The van der Waals surface area contributed by atoms with Crippen molar-refractivity contribution in [3.8, 4) is 10.7 Å². The van der Waals surface area contributed by atoms with Gasteiger partial charge in [0.25, 0.3) is 0 Å². The zero-order valence-corrected chi connectivity index (χ0v) is 16.9. The first-order valence-electron chi connectivity index (χ1n) is 7.08. The number of nitrogens with zero attached hydrogens (tertiary/aromatic N) is 4. The van der Waals surface area contributed by atoms with Gasteiger partial charge in [0, 0.05) is 22.6 Å². The SMILES string of the molecule is CC(C)(C)C(=O)OCn1c(-c2cccs2)nc2c(Cl)nc(I)nc21. The van der Waals surface area contributed by atoms with Crippen molar-refractivity contribution in [1.29, 1.82) is 0 Å². The van der Waals surface area contributed by atoms with Gasteiger partial charge in [-0.1, -0.05) is 17.7 Å². The second-order valence-electron chi connectivity index (χ2n) is 6.11. The number of imidazole rings is 1. The van der Waals surface area contributed by atoms with Crippen LogP contribution in [0, 0.1) is 9.25 Å². The van der Waals surface area contributed by atoms with Gasteiger partial charge in [0.05, 0.1) is 10.3 Å². The molecule has 3 heterocycles. The zero-order chi connectivity index (χ0) is 17.5. The molecule has 3 rings (SSSR count). The van der Waals surface area contributed by atoms with Crippen LogP contribution in [-0.2, 0) is 16.3 Å². The fraction of sp³-hybridized carbons (Fsp3) is 0.333. The Morgan fingerprint density at radius 1 is 1.38 bits per heavy atom. The molecule has 0 saturated carbocycles. The van der Waals surface area contributed by atoms with Crippen molar-refractivity contribution in [2.75, 3.05) is 0 Å². The van der Waals surface area contributed by atoms with Crippen LogP contribution in [0.25, 0.3) is 21.9 Å². The van der Waals surface area contributed by atoms with E-state index < -0.39 is 5.41 Å². The first-order valence-corrected chi connectivity index (χ1v) is 9.41. The lowest BCUT2D eigenvalue weighted by Crippen LogP contribution is -2.24. The fourth-order valence-electron chi connectivity index (χ4n) is 2.00. The molecule has 0 atom stereocenters. The lowest BCUT2D eigenvalue weighted by atomic mass is 9.98. The Hall–Kier alpha value is -1.26. The summed E-state index contributed by atoms with van der Waals surface area (Å²) in [6.07, 6.45) is 0. The van der Waals surface area contributed by atoms with E-state index in [0.29, 0.717) is 20.8 Å². The number of hydrogen-bond acceptors (Lipinski definition) is 6. The molecule has 24 heavy (non-hydrogen) atoms. The summed E-state index contributed by atoms with van der Waals surface area (Å²) >= 11 is 9.74. The Balaban J connectivity index is 2.09. The molecule has 0 spiro atoms.